The molecule has 1 aliphatic heterocycles. The molecule has 0 unspecified atom stereocenters. The van der Waals surface area contributed by atoms with E-state index in [0.717, 1.165) is 17.6 Å². The number of ether oxygens (including phenoxy) is 1. The Morgan fingerprint density at radius 2 is 2.11 bits per heavy atom. The molecule has 1 saturated heterocycles. The quantitative estimate of drug-likeness (QED) is 0.336. The molecule has 0 radical (unpaired) electrons. The summed E-state index contributed by atoms with van der Waals surface area (Å²) in [4.78, 5) is 26.0. The van der Waals surface area contributed by atoms with Gasteiger partial charge in [-0.2, -0.15) is 0 Å². The van der Waals surface area contributed by atoms with Crippen LogP contribution in [0, 0.1) is 12.7 Å². The molecule has 0 aliphatic carbocycles. The molecule has 4 heterocycles. The van der Waals surface area contributed by atoms with Crippen LogP contribution in [0.25, 0.3) is 22.2 Å². The van der Waals surface area contributed by atoms with Crippen LogP contribution in [-0.4, -0.2) is 50.0 Å². The third kappa shape index (κ3) is 5.09. The van der Waals surface area contributed by atoms with Gasteiger partial charge >= 0.3 is 0 Å². The van der Waals surface area contributed by atoms with Gasteiger partial charge in [-0.1, -0.05) is 6.07 Å². The smallest absolute Gasteiger partial charge is 0.223 e. The maximum absolute atomic E-state index is 15.0. The van der Waals surface area contributed by atoms with Crippen LogP contribution in [0.3, 0.4) is 0 Å². The number of benzene rings is 1. The molecule has 0 bridgehead atoms. The molecule has 0 spiro atoms. The summed E-state index contributed by atoms with van der Waals surface area (Å²) in [6.45, 7) is 7.10. The Bertz CT molecular complexity index is 1510. The highest BCUT2D eigenvalue weighted by Crippen LogP contribution is 2.28. The Balaban J connectivity index is 1.57. The molecule has 10 heteroatoms. The SMILES string of the molecule is Cc1c(CNc2cccnc2)n(C(C)C)c2cc(-c3nc(N[C@@H]4CCOC[C@H]4O)ncc3F)ccc2c1=O. The second kappa shape index (κ2) is 10.8. The predicted molar refractivity (Wildman–Crippen MR) is 145 cm³/mol. The van der Waals surface area contributed by atoms with Gasteiger partial charge in [-0.15, -0.1) is 0 Å². The van der Waals surface area contributed by atoms with Crippen LogP contribution in [0.15, 0.2) is 53.7 Å². The van der Waals surface area contributed by atoms with E-state index in [2.05, 4.69) is 44.0 Å². The number of rotatable bonds is 7. The first-order valence-electron chi connectivity index (χ1n) is 12.7. The van der Waals surface area contributed by atoms with Crippen molar-refractivity contribution in [2.45, 2.75) is 51.9 Å². The third-order valence-corrected chi connectivity index (χ3v) is 6.86. The van der Waals surface area contributed by atoms with Gasteiger partial charge in [0.15, 0.2) is 11.2 Å². The molecule has 38 heavy (non-hydrogen) atoms. The standard InChI is InChI=1S/C28H31FN6O3/c1-16(2)35-23-11-18(26-21(29)13-32-28(34-26)33-22-8-10-38-15-25(22)36)6-7-20(23)27(37)17(3)24(35)14-31-19-5-4-9-30-12-19/h4-7,9,11-13,16,22,25,31,36H,8,10,14-15H2,1-3H3,(H,32,33,34)/t22-,25-/m1/s1. The van der Waals surface area contributed by atoms with E-state index in [-0.39, 0.29) is 35.8 Å². The second-order valence-corrected chi connectivity index (χ2v) is 9.76. The van der Waals surface area contributed by atoms with E-state index >= 15 is 0 Å². The van der Waals surface area contributed by atoms with E-state index < -0.39 is 11.9 Å². The Kier molecular flexibility index (Phi) is 7.35. The van der Waals surface area contributed by atoms with E-state index in [4.69, 9.17) is 4.74 Å². The number of pyridine rings is 2. The van der Waals surface area contributed by atoms with Crippen molar-refractivity contribution < 1.29 is 14.2 Å². The van der Waals surface area contributed by atoms with Crippen LogP contribution in [-0.2, 0) is 11.3 Å². The largest absolute Gasteiger partial charge is 0.389 e. The first-order valence-corrected chi connectivity index (χ1v) is 12.7. The molecule has 0 saturated carbocycles. The molecular formula is C28H31FN6O3. The fourth-order valence-corrected chi connectivity index (χ4v) is 4.89. The van der Waals surface area contributed by atoms with Gasteiger partial charge in [-0.05, 0) is 51.5 Å². The van der Waals surface area contributed by atoms with Crippen molar-refractivity contribution in [3.05, 3.63) is 76.2 Å². The molecule has 5 rings (SSSR count). The van der Waals surface area contributed by atoms with Gasteiger partial charge in [0.05, 0.1) is 42.7 Å². The maximum Gasteiger partial charge on any atom is 0.223 e. The van der Waals surface area contributed by atoms with E-state index in [1.54, 1.807) is 24.5 Å². The molecule has 2 atom stereocenters. The van der Waals surface area contributed by atoms with Crippen molar-refractivity contribution in [1.82, 2.24) is 19.5 Å². The lowest BCUT2D eigenvalue weighted by atomic mass is 10.0. The van der Waals surface area contributed by atoms with Crippen LogP contribution in [0.1, 0.15) is 37.6 Å². The van der Waals surface area contributed by atoms with Crippen molar-refractivity contribution >= 4 is 22.5 Å². The lowest BCUT2D eigenvalue weighted by Gasteiger charge is -2.28. The summed E-state index contributed by atoms with van der Waals surface area (Å²) in [5.41, 5.74) is 3.62. The predicted octanol–water partition coefficient (Wildman–Crippen LogP) is 4.06. The Morgan fingerprint density at radius 1 is 1.26 bits per heavy atom. The van der Waals surface area contributed by atoms with Gasteiger partial charge in [0, 0.05) is 47.2 Å². The number of nitrogens with zero attached hydrogens (tertiary/aromatic N) is 4. The van der Waals surface area contributed by atoms with Crippen molar-refractivity contribution in [3.8, 4) is 11.3 Å². The van der Waals surface area contributed by atoms with E-state index in [0.29, 0.717) is 41.6 Å². The Labute approximate surface area is 219 Å². The number of hydrogen-bond acceptors (Lipinski definition) is 8. The lowest BCUT2D eigenvalue weighted by molar-refractivity contribution is -0.0136. The van der Waals surface area contributed by atoms with Gasteiger partial charge < -0.3 is 25.0 Å². The molecule has 0 amide bonds. The summed E-state index contributed by atoms with van der Waals surface area (Å²) in [5, 5.41) is 17.2. The van der Waals surface area contributed by atoms with Gasteiger partial charge in [0.2, 0.25) is 5.95 Å². The molecule has 1 fully saturated rings. The minimum atomic E-state index is -0.705. The van der Waals surface area contributed by atoms with Gasteiger partial charge in [0.25, 0.3) is 0 Å². The highest BCUT2D eigenvalue weighted by molar-refractivity contribution is 5.85. The first kappa shape index (κ1) is 25.7. The number of fused-ring (bicyclic) bond motifs is 1. The fourth-order valence-electron chi connectivity index (χ4n) is 4.89. The van der Waals surface area contributed by atoms with Crippen LogP contribution in [0.4, 0.5) is 16.0 Å². The number of halogens is 1. The highest BCUT2D eigenvalue weighted by Gasteiger charge is 2.25. The Hall–Kier alpha value is -3.89. The van der Waals surface area contributed by atoms with Crippen molar-refractivity contribution in [3.63, 3.8) is 0 Å². The second-order valence-electron chi connectivity index (χ2n) is 9.76. The van der Waals surface area contributed by atoms with Gasteiger partial charge in [-0.25, -0.2) is 14.4 Å². The number of anilines is 2. The number of nitrogens with one attached hydrogen (secondary N) is 2. The third-order valence-electron chi connectivity index (χ3n) is 6.86. The zero-order chi connectivity index (χ0) is 26.8. The van der Waals surface area contributed by atoms with E-state index in [1.165, 1.54) is 0 Å². The number of aliphatic hydroxyl groups is 1. The summed E-state index contributed by atoms with van der Waals surface area (Å²) in [7, 11) is 0. The van der Waals surface area contributed by atoms with Crippen LogP contribution < -0.4 is 16.1 Å². The van der Waals surface area contributed by atoms with Crippen molar-refractivity contribution in [2.75, 3.05) is 23.8 Å². The fraction of sp³-hybridized carbons (Fsp3) is 0.357. The maximum atomic E-state index is 15.0. The number of aliphatic hydroxyl groups excluding tert-OH is 1. The summed E-state index contributed by atoms with van der Waals surface area (Å²) in [6, 6.07) is 8.75. The summed E-state index contributed by atoms with van der Waals surface area (Å²) >= 11 is 0. The molecule has 198 valence electrons. The molecule has 1 aromatic carbocycles. The van der Waals surface area contributed by atoms with Crippen molar-refractivity contribution in [1.29, 1.82) is 0 Å². The first-order chi connectivity index (χ1) is 18.3. The average Bonchev–Trinajstić information content (AvgIpc) is 2.92. The van der Waals surface area contributed by atoms with Crippen LogP contribution >= 0.6 is 0 Å². The lowest BCUT2D eigenvalue weighted by Crippen LogP contribution is -2.42. The molecule has 3 aromatic heterocycles. The number of aromatic nitrogens is 4. The normalized spacial score (nSPS) is 17.6. The van der Waals surface area contributed by atoms with Gasteiger partial charge in [-0.3, -0.25) is 9.78 Å². The topological polar surface area (TPSA) is 114 Å². The molecular weight excluding hydrogens is 487 g/mol. The highest BCUT2D eigenvalue weighted by atomic mass is 19.1. The van der Waals surface area contributed by atoms with Crippen molar-refractivity contribution in [2.24, 2.45) is 0 Å². The number of hydrogen-bond donors (Lipinski definition) is 3. The average molecular weight is 519 g/mol. The van der Waals surface area contributed by atoms with E-state index in [9.17, 15) is 14.3 Å². The summed E-state index contributed by atoms with van der Waals surface area (Å²) in [5.74, 6) is -0.356. The minimum absolute atomic E-state index is 0.0280. The zero-order valence-corrected chi connectivity index (χ0v) is 21.6. The molecule has 3 N–H and O–H groups in total. The zero-order valence-electron chi connectivity index (χ0n) is 21.6. The molecule has 4 aromatic rings. The summed E-state index contributed by atoms with van der Waals surface area (Å²) < 4.78 is 22.4. The molecule has 1 aliphatic rings. The van der Waals surface area contributed by atoms with Crippen LogP contribution in [0.5, 0.6) is 0 Å². The van der Waals surface area contributed by atoms with Gasteiger partial charge in [0.1, 0.15) is 5.69 Å². The van der Waals surface area contributed by atoms with E-state index in [1.807, 2.05) is 25.1 Å². The van der Waals surface area contributed by atoms with Crippen LogP contribution in [0.2, 0.25) is 0 Å². The minimum Gasteiger partial charge on any atom is -0.389 e. The summed E-state index contributed by atoms with van der Waals surface area (Å²) in [6.07, 6.45) is 4.44. The molecule has 9 nitrogen and oxygen atoms in total. The Morgan fingerprint density at radius 3 is 2.84 bits per heavy atom. The monoisotopic (exact) mass is 518 g/mol.